The Labute approximate surface area is 280 Å². The number of hydrogen-bond acceptors (Lipinski definition) is 6. The second-order valence-corrected chi connectivity index (χ2v) is 14.6. The van der Waals surface area contributed by atoms with E-state index in [0.717, 1.165) is 42.1 Å². The third-order valence-corrected chi connectivity index (χ3v) is 11.6. The summed E-state index contributed by atoms with van der Waals surface area (Å²) < 4.78 is 0. The first-order valence-electron chi connectivity index (χ1n) is 16.4. The van der Waals surface area contributed by atoms with Gasteiger partial charge in [0.2, 0.25) is 5.91 Å². The molecule has 5 heterocycles. The number of benzene rings is 1. The van der Waals surface area contributed by atoms with Crippen molar-refractivity contribution in [3.63, 3.8) is 0 Å². The number of nitrogens with zero attached hydrogens (tertiary/aromatic N) is 4. The number of nitrogens with two attached hydrogens (primary N) is 1. The first-order valence-corrected chi connectivity index (χ1v) is 17.7. The zero-order valence-electron chi connectivity index (χ0n) is 26.5. The Kier molecular flexibility index (Phi) is 9.97. The van der Waals surface area contributed by atoms with E-state index >= 15 is 0 Å². The van der Waals surface area contributed by atoms with Crippen molar-refractivity contribution in [3.05, 3.63) is 45.3 Å². The molecule has 0 aliphatic carbocycles. The second kappa shape index (κ2) is 14.1. The number of nitrogens with one attached hydrogen (secondary N) is 2. The molecule has 5 amide bonds. The normalized spacial score (nSPS) is 21.0. The molecule has 6 rings (SSSR count). The minimum atomic E-state index is -0.777. The van der Waals surface area contributed by atoms with Gasteiger partial charge in [-0.25, -0.2) is 9.59 Å². The summed E-state index contributed by atoms with van der Waals surface area (Å²) in [6.07, 6.45) is 11.7. The Morgan fingerprint density at radius 1 is 1.07 bits per heavy atom. The van der Waals surface area contributed by atoms with Gasteiger partial charge in [-0.15, -0.1) is 17.8 Å². The lowest BCUT2D eigenvalue weighted by atomic mass is 9.79. The molecule has 10 nitrogen and oxygen atoms in total. The number of fused-ring (bicyclic) bond motifs is 1. The minimum absolute atomic E-state index is 0.0412. The average Bonchev–Trinajstić information content (AvgIpc) is 3.53. The summed E-state index contributed by atoms with van der Waals surface area (Å²) >= 11 is 7.93. The number of thiophene rings is 1. The zero-order chi connectivity index (χ0) is 32.4. The quantitative estimate of drug-likeness (QED) is 0.306. The lowest BCUT2D eigenvalue weighted by Crippen LogP contribution is -2.57. The summed E-state index contributed by atoms with van der Waals surface area (Å²) in [5.74, 6) is 3.84. The molecule has 3 fully saturated rings. The number of urea groups is 2. The molecular formula is C34H44ClN7O3S. The summed E-state index contributed by atoms with van der Waals surface area (Å²) in [5.41, 5.74) is 8.73. The Morgan fingerprint density at radius 2 is 1.72 bits per heavy atom. The molecule has 1 aromatic heterocycles. The average molecular weight is 666 g/mol. The van der Waals surface area contributed by atoms with Crippen LogP contribution in [-0.4, -0.2) is 96.0 Å². The fraction of sp³-hybridized carbons (Fsp3) is 0.559. The number of terminal acetylenes is 1. The number of piperidine rings is 3. The molecule has 0 saturated carbocycles. The first kappa shape index (κ1) is 32.5. The van der Waals surface area contributed by atoms with Crippen molar-refractivity contribution in [2.24, 2.45) is 11.8 Å². The van der Waals surface area contributed by atoms with Gasteiger partial charge in [-0.1, -0.05) is 17.5 Å². The van der Waals surface area contributed by atoms with Crippen LogP contribution in [0.5, 0.6) is 0 Å². The third kappa shape index (κ3) is 7.09. The second-order valence-electron chi connectivity index (χ2n) is 13.2. The smallest absolute Gasteiger partial charge is 0.323 e. The van der Waals surface area contributed by atoms with Crippen LogP contribution >= 0.6 is 22.9 Å². The number of amides is 5. The van der Waals surface area contributed by atoms with Crippen molar-refractivity contribution in [2.45, 2.75) is 63.6 Å². The van der Waals surface area contributed by atoms with E-state index in [1.54, 1.807) is 17.0 Å². The molecule has 3 saturated heterocycles. The molecule has 4 aliphatic heterocycles. The van der Waals surface area contributed by atoms with Crippen LogP contribution in [0.2, 0.25) is 5.02 Å². The summed E-state index contributed by atoms with van der Waals surface area (Å²) in [6.45, 7) is 5.23. The molecule has 0 bridgehead atoms. The minimum Gasteiger partial charge on any atom is -0.397 e. The molecule has 2 aromatic rings. The van der Waals surface area contributed by atoms with Gasteiger partial charge in [0.15, 0.2) is 0 Å². The van der Waals surface area contributed by atoms with Crippen LogP contribution in [0.1, 0.15) is 55.2 Å². The Bertz CT molecular complexity index is 1480. The lowest BCUT2D eigenvalue weighted by Gasteiger charge is -2.41. The Hall–Kier alpha value is -3.46. The Balaban J connectivity index is 1.10. The number of rotatable bonds is 6. The summed E-state index contributed by atoms with van der Waals surface area (Å²) in [4.78, 5) is 48.4. The van der Waals surface area contributed by atoms with E-state index in [2.05, 4.69) is 28.5 Å². The molecule has 1 aromatic carbocycles. The van der Waals surface area contributed by atoms with Crippen molar-refractivity contribution in [3.8, 4) is 12.3 Å². The predicted octanol–water partition coefficient (Wildman–Crippen LogP) is 4.68. The van der Waals surface area contributed by atoms with Crippen LogP contribution in [-0.2, 0) is 17.8 Å². The van der Waals surface area contributed by atoms with Crippen molar-refractivity contribution in [1.29, 1.82) is 0 Å². The summed E-state index contributed by atoms with van der Waals surface area (Å²) in [5, 5.41) is 9.30. The topological polar surface area (TPSA) is 114 Å². The fourth-order valence-electron chi connectivity index (χ4n) is 7.57. The van der Waals surface area contributed by atoms with Crippen molar-refractivity contribution >= 4 is 51.6 Å². The molecule has 0 unspecified atom stereocenters. The summed E-state index contributed by atoms with van der Waals surface area (Å²) in [6, 6.07) is 4.44. The molecule has 4 aliphatic rings. The van der Waals surface area contributed by atoms with Crippen LogP contribution in [0.3, 0.4) is 0 Å². The van der Waals surface area contributed by atoms with Gasteiger partial charge in [0.25, 0.3) is 0 Å². The number of likely N-dealkylation sites (tertiary alicyclic amines) is 3. The van der Waals surface area contributed by atoms with E-state index in [4.69, 9.17) is 23.8 Å². The van der Waals surface area contributed by atoms with E-state index in [1.807, 2.05) is 21.2 Å². The molecule has 0 spiro atoms. The highest BCUT2D eigenvalue weighted by Gasteiger charge is 2.36. The molecular weight excluding hydrogens is 622 g/mol. The largest absolute Gasteiger partial charge is 0.397 e. The molecule has 0 radical (unpaired) electrons. The van der Waals surface area contributed by atoms with Gasteiger partial charge in [0.05, 0.1) is 17.3 Å². The van der Waals surface area contributed by atoms with E-state index in [1.165, 1.54) is 24.2 Å². The van der Waals surface area contributed by atoms with Gasteiger partial charge in [-0.3, -0.25) is 10.1 Å². The number of nitrogen functional groups attached to an aromatic ring is 1. The van der Waals surface area contributed by atoms with E-state index in [0.29, 0.717) is 73.7 Å². The van der Waals surface area contributed by atoms with Gasteiger partial charge in [0, 0.05) is 49.8 Å². The highest BCUT2D eigenvalue weighted by molar-refractivity contribution is 7.14. The van der Waals surface area contributed by atoms with Crippen LogP contribution in [0.4, 0.5) is 20.3 Å². The predicted molar refractivity (Wildman–Crippen MR) is 183 cm³/mol. The Morgan fingerprint density at radius 3 is 2.39 bits per heavy atom. The number of carbonyl (C=O) groups excluding carboxylic acids is 3. The van der Waals surface area contributed by atoms with E-state index < -0.39 is 6.04 Å². The SMILES string of the molecule is C#Cc1cc(C[C@@H](NC(=O)N2CCC(N3Cc4ccsc4NC3=O)CC2)C(=O)N2CCC(C3CCN(C)CC3)CC2)cc(Cl)c1N. The molecule has 246 valence electrons. The molecule has 1 atom stereocenters. The first-order chi connectivity index (χ1) is 22.2. The van der Waals surface area contributed by atoms with Crippen LogP contribution in [0, 0.1) is 24.2 Å². The van der Waals surface area contributed by atoms with Crippen LogP contribution < -0.4 is 16.4 Å². The standard InChI is InChI=1S/C34H44ClN7O3S/c1-3-23-18-22(19-28(35)30(23)36)20-29(32(43)40-13-6-25(7-14-40)24-4-11-39(2)12-5-24)37-33(44)41-15-8-27(9-16-41)42-21-26-10-17-46-31(26)38-34(42)45/h1,10,17-19,24-25,27,29H,4-9,11-16,20-21,36H2,2H3,(H,37,44)(H,38,45)/t29-/m1/s1. The summed E-state index contributed by atoms with van der Waals surface area (Å²) in [7, 11) is 2.18. The lowest BCUT2D eigenvalue weighted by molar-refractivity contribution is -0.135. The van der Waals surface area contributed by atoms with Gasteiger partial charge >= 0.3 is 12.1 Å². The maximum absolute atomic E-state index is 14.1. The van der Waals surface area contributed by atoms with E-state index in [-0.39, 0.29) is 30.4 Å². The van der Waals surface area contributed by atoms with Gasteiger partial charge in [-0.2, -0.15) is 0 Å². The molecule has 12 heteroatoms. The maximum Gasteiger partial charge on any atom is 0.323 e. The van der Waals surface area contributed by atoms with Gasteiger partial charge in [-0.05, 0) is 99.6 Å². The van der Waals surface area contributed by atoms with Gasteiger partial charge < -0.3 is 30.7 Å². The van der Waals surface area contributed by atoms with Crippen LogP contribution in [0.25, 0.3) is 0 Å². The van der Waals surface area contributed by atoms with Crippen LogP contribution in [0.15, 0.2) is 23.6 Å². The molecule has 46 heavy (non-hydrogen) atoms. The van der Waals surface area contributed by atoms with Gasteiger partial charge in [0.1, 0.15) is 11.0 Å². The monoisotopic (exact) mass is 665 g/mol. The van der Waals surface area contributed by atoms with Crippen molar-refractivity contribution in [1.82, 2.24) is 24.9 Å². The molecule has 4 N–H and O–H groups in total. The zero-order valence-corrected chi connectivity index (χ0v) is 28.0. The number of carbonyl (C=O) groups is 3. The van der Waals surface area contributed by atoms with E-state index in [9.17, 15) is 14.4 Å². The van der Waals surface area contributed by atoms with Crippen molar-refractivity contribution in [2.75, 3.05) is 57.4 Å². The number of halogens is 1. The van der Waals surface area contributed by atoms with Crippen molar-refractivity contribution < 1.29 is 14.4 Å². The third-order valence-electron chi connectivity index (χ3n) is 10.4. The number of hydrogen-bond donors (Lipinski definition) is 3. The maximum atomic E-state index is 14.1. The number of anilines is 2. The fourth-order valence-corrected chi connectivity index (χ4v) is 8.61. The highest BCUT2D eigenvalue weighted by atomic mass is 35.5. The highest BCUT2D eigenvalue weighted by Crippen LogP contribution is 2.34.